The molecule has 0 heterocycles. The zero-order valence-corrected chi connectivity index (χ0v) is 7.18. The fraction of sp³-hybridized carbons (Fsp3) is 0.900. The quantitative estimate of drug-likeness (QED) is 0.521. The molecule has 62 valence electrons. The predicted octanol–water partition coefficient (Wildman–Crippen LogP) is 2.40. The Balaban J connectivity index is 2.11. The predicted molar refractivity (Wildman–Crippen MR) is 44.2 cm³/mol. The first-order valence-electron chi connectivity index (χ1n) is 4.82. The fourth-order valence-corrected chi connectivity index (χ4v) is 2.83. The first kappa shape index (κ1) is 7.33. The number of hydrogen-bond acceptors (Lipinski definition) is 1. The Bertz CT molecular complexity index is 174. The summed E-state index contributed by atoms with van der Waals surface area (Å²) in [4.78, 5) is 11.3. The van der Waals surface area contributed by atoms with Crippen molar-refractivity contribution >= 4 is 5.78 Å². The highest BCUT2D eigenvalue weighted by molar-refractivity contribution is 5.83. The molecular weight excluding hydrogens is 136 g/mol. The van der Waals surface area contributed by atoms with Gasteiger partial charge < -0.3 is 0 Å². The van der Waals surface area contributed by atoms with E-state index >= 15 is 0 Å². The van der Waals surface area contributed by atoms with E-state index in [1.807, 2.05) is 0 Å². The van der Waals surface area contributed by atoms with Gasteiger partial charge in [0.2, 0.25) is 0 Å². The van der Waals surface area contributed by atoms with Crippen LogP contribution in [-0.4, -0.2) is 5.78 Å². The second-order valence-electron chi connectivity index (χ2n) is 4.17. The Hall–Kier alpha value is -0.330. The van der Waals surface area contributed by atoms with E-state index in [4.69, 9.17) is 0 Å². The highest BCUT2D eigenvalue weighted by Crippen LogP contribution is 2.43. The summed E-state index contributed by atoms with van der Waals surface area (Å²) in [6.45, 7) is 2.12. The molecule has 0 saturated heterocycles. The van der Waals surface area contributed by atoms with E-state index in [1.165, 1.54) is 25.7 Å². The summed E-state index contributed by atoms with van der Waals surface area (Å²) in [7, 11) is 0. The molecule has 0 aromatic rings. The third-order valence-electron chi connectivity index (χ3n) is 3.58. The summed E-state index contributed by atoms with van der Waals surface area (Å²) in [6.07, 6.45) is 6.25. The third-order valence-corrected chi connectivity index (χ3v) is 3.58. The van der Waals surface area contributed by atoms with Gasteiger partial charge in [0.1, 0.15) is 5.78 Å². The number of fused-ring (bicyclic) bond motifs is 1. The minimum atomic E-state index is 0.389. The van der Waals surface area contributed by atoms with Crippen LogP contribution in [0.15, 0.2) is 0 Å². The standard InChI is InChI=1S/C10H16O/c1-7-9-5-3-2-4-8(9)6-10(7)11/h7-9H,2-6H2,1H3/t7-,8-,9+/m0/s1. The van der Waals surface area contributed by atoms with E-state index in [2.05, 4.69) is 6.92 Å². The Labute approximate surface area is 68.2 Å². The number of ketones is 1. The Morgan fingerprint density at radius 3 is 2.73 bits per heavy atom. The van der Waals surface area contributed by atoms with Crippen molar-refractivity contribution in [2.45, 2.75) is 39.0 Å². The smallest absolute Gasteiger partial charge is 0.136 e. The molecule has 0 N–H and O–H groups in total. The van der Waals surface area contributed by atoms with Gasteiger partial charge in [-0.3, -0.25) is 4.79 Å². The van der Waals surface area contributed by atoms with Gasteiger partial charge in [0.15, 0.2) is 0 Å². The fourth-order valence-electron chi connectivity index (χ4n) is 2.83. The second-order valence-corrected chi connectivity index (χ2v) is 4.17. The molecule has 1 heteroatoms. The van der Waals surface area contributed by atoms with Gasteiger partial charge in [-0.25, -0.2) is 0 Å². The van der Waals surface area contributed by atoms with Crippen LogP contribution in [0.5, 0.6) is 0 Å². The number of rotatable bonds is 0. The van der Waals surface area contributed by atoms with E-state index in [0.717, 1.165) is 18.3 Å². The molecule has 0 radical (unpaired) electrons. The average Bonchev–Trinajstić information content (AvgIpc) is 2.30. The molecule has 0 unspecified atom stereocenters. The Kier molecular flexibility index (Phi) is 1.74. The SMILES string of the molecule is C[C@@H]1C(=O)C[C@@H]2CCCC[C@@H]21. The molecule has 0 bridgehead atoms. The van der Waals surface area contributed by atoms with Gasteiger partial charge in [0.25, 0.3) is 0 Å². The van der Waals surface area contributed by atoms with Gasteiger partial charge >= 0.3 is 0 Å². The van der Waals surface area contributed by atoms with Crippen molar-refractivity contribution in [2.24, 2.45) is 17.8 Å². The minimum Gasteiger partial charge on any atom is -0.299 e. The highest BCUT2D eigenvalue weighted by atomic mass is 16.1. The van der Waals surface area contributed by atoms with E-state index in [9.17, 15) is 4.79 Å². The van der Waals surface area contributed by atoms with Crippen LogP contribution in [0.4, 0.5) is 0 Å². The van der Waals surface area contributed by atoms with Crippen LogP contribution in [-0.2, 0) is 4.79 Å². The van der Waals surface area contributed by atoms with Crippen LogP contribution in [0, 0.1) is 17.8 Å². The number of hydrogen-bond donors (Lipinski definition) is 0. The maximum Gasteiger partial charge on any atom is 0.136 e. The summed E-state index contributed by atoms with van der Waals surface area (Å²) < 4.78 is 0. The molecular formula is C10H16O. The molecule has 3 atom stereocenters. The summed E-state index contributed by atoms with van der Waals surface area (Å²) in [5, 5.41) is 0. The van der Waals surface area contributed by atoms with Crippen LogP contribution >= 0.6 is 0 Å². The van der Waals surface area contributed by atoms with Crippen molar-refractivity contribution in [1.29, 1.82) is 0 Å². The van der Waals surface area contributed by atoms with Crippen molar-refractivity contribution in [1.82, 2.24) is 0 Å². The topological polar surface area (TPSA) is 17.1 Å². The van der Waals surface area contributed by atoms with Gasteiger partial charge in [0.05, 0.1) is 0 Å². The minimum absolute atomic E-state index is 0.389. The number of carbonyl (C=O) groups excluding carboxylic acids is 1. The van der Waals surface area contributed by atoms with Crippen LogP contribution in [0.25, 0.3) is 0 Å². The second kappa shape index (κ2) is 2.62. The van der Waals surface area contributed by atoms with E-state index in [-0.39, 0.29) is 0 Å². The number of carbonyl (C=O) groups is 1. The summed E-state index contributed by atoms with van der Waals surface area (Å²) in [5.41, 5.74) is 0. The maximum absolute atomic E-state index is 11.3. The van der Waals surface area contributed by atoms with E-state index in [1.54, 1.807) is 0 Å². The van der Waals surface area contributed by atoms with E-state index < -0.39 is 0 Å². The Morgan fingerprint density at radius 1 is 1.27 bits per heavy atom. The summed E-state index contributed by atoms with van der Waals surface area (Å²) in [5.74, 6) is 2.45. The lowest BCUT2D eigenvalue weighted by atomic mass is 9.79. The van der Waals surface area contributed by atoms with Gasteiger partial charge in [0, 0.05) is 12.3 Å². The molecule has 0 amide bonds. The first-order chi connectivity index (χ1) is 5.29. The zero-order valence-electron chi connectivity index (χ0n) is 7.18. The molecule has 11 heavy (non-hydrogen) atoms. The molecule has 2 rings (SSSR count). The molecule has 0 spiro atoms. The molecule has 2 fully saturated rings. The van der Waals surface area contributed by atoms with Crippen molar-refractivity contribution in [3.8, 4) is 0 Å². The maximum atomic E-state index is 11.3. The Morgan fingerprint density at radius 2 is 2.00 bits per heavy atom. The van der Waals surface area contributed by atoms with Crippen LogP contribution in [0.1, 0.15) is 39.0 Å². The molecule has 2 saturated carbocycles. The molecule has 2 aliphatic carbocycles. The van der Waals surface area contributed by atoms with Gasteiger partial charge in [-0.05, 0) is 24.7 Å². The average molecular weight is 152 g/mol. The first-order valence-corrected chi connectivity index (χ1v) is 4.82. The monoisotopic (exact) mass is 152 g/mol. The van der Waals surface area contributed by atoms with Crippen LogP contribution in [0.2, 0.25) is 0 Å². The molecule has 2 aliphatic rings. The highest BCUT2D eigenvalue weighted by Gasteiger charge is 2.40. The van der Waals surface area contributed by atoms with Crippen molar-refractivity contribution in [2.75, 3.05) is 0 Å². The van der Waals surface area contributed by atoms with Crippen molar-refractivity contribution < 1.29 is 4.79 Å². The van der Waals surface area contributed by atoms with E-state index in [0.29, 0.717) is 11.7 Å². The molecule has 1 nitrogen and oxygen atoms in total. The molecule has 0 aliphatic heterocycles. The van der Waals surface area contributed by atoms with Gasteiger partial charge in [-0.2, -0.15) is 0 Å². The summed E-state index contributed by atoms with van der Waals surface area (Å²) >= 11 is 0. The normalized spacial score (nSPS) is 44.1. The van der Waals surface area contributed by atoms with Crippen molar-refractivity contribution in [3.63, 3.8) is 0 Å². The third kappa shape index (κ3) is 1.11. The molecule has 0 aromatic heterocycles. The number of Topliss-reactive ketones (excluding diaryl/α,β-unsaturated/α-hetero) is 1. The zero-order chi connectivity index (χ0) is 7.84. The lowest BCUT2D eigenvalue weighted by molar-refractivity contribution is -0.120. The molecule has 0 aromatic carbocycles. The van der Waals surface area contributed by atoms with Gasteiger partial charge in [-0.1, -0.05) is 19.8 Å². The summed E-state index contributed by atoms with van der Waals surface area (Å²) in [6, 6.07) is 0. The largest absolute Gasteiger partial charge is 0.299 e. The van der Waals surface area contributed by atoms with Gasteiger partial charge in [-0.15, -0.1) is 0 Å². The van der Waals surface area contributed by atoms with Crippen molar-refractivity contribution in [3.05, 3.63) is 0 Å². The van der Waals surface area contributed by atoms with Crippen LogP contribution < -0.4 is 0 Å². The van der Waals surface area contributed by atoms with Crippen LogP contribution in [0.3, 0.4) is 0 Å². The lowest BCUT2D eigenvalue weighted by Crippen LogP contribution is -2.18. The lowest BCUT2D eigenvalue weighted by Gasteiger charge is -2.26.